The Morgan fingerprint density at radius 1 is 1.33 bits per heavy atom. The average Bonchev–Trinajstić information content (AvgIpc) is 3.06. The summed E-state index contributed by atoms with van der Waals surface area (Å²) in [4.78, 5) is 15.7. The Morgan fingerprint density at radius 3 is 2.67 bits per heavy atom. The summed E-state index contributed by atoms with van der Waals surface area (Å²) in [5, 5.41) is 12.6. The molecule has 0 bridgehead atoms. The van der Waals surface area contributed by atoms with E-state index in [4.69, 9.17) is 4.74 Å². The lowest BCUT2D eigenvalue weighted by molar-refractivity contribution is 0.0695. The van der Waals surface area contributed by atoms with Crippen LogP contribution >= 0.6 is 0 Å². The third kappa shape index (κ3) is 3.57. The molecule has 1 unspecified atom stereocenters. The number of benzene rings is 1. The molecule has 24 heavy (non-hydrogen) atoms. The normalized spacial score (nSPS) is 17.0. The topological polar surface area (TPSA) is 71.5 Å². The van der Waals surface area contributed by atoms with Crippen LogP contribution in [-0.2, 0) is 0 Å². The number of aromatic nitrogens is 1. The first-order valence-electron chi connectivity index (χ1n) is 8.23. The second-order valence-corrected chi connectivity index (χ2v) is 6.22. The van der Waals surface area contributed by atoms with E-state index in [1.54, 1.807) is 13.8 Å². The number of hydrogen-bond acceptors (Lipinski definition) is 4. The molecule has 0 spiro atoms. The number of nitrogens with zero attached hydrogens (tertiary/aromatic N) is 1. The highest BCUT2D eigenvalue weighted by Gasteiger charge is 2.15. The third-order valence-electron chi connectivity index (χ3n) is 4.38. The van der Waals surface area contributed by atoms with Crippen LogP contribution in [0.1, 0.15) is 34.5 Å². The van der Waals surface area contributed by atoms with E-state index in [0.717, 1.165) is 35.5 Å². The predicted octanol–water partition coefficient (Wildman–Crippen LogP) is 3.19. The number of carboxylic acid groups (broad SMARTS) is 1. The molecule has 1 atom stereocenters. The number of pyridine rings is 1. The first-order chi connectivity index (χ1) is 11.5. The van der Waals surface area contributed by atoms with E-state index in [2.05, 4.69) is 10.3 Å². The van der Waals surface area contributed by atoms with E-state index < -0.39 is 5.97 Å². The maximum atomic E-state index is 11.3. The molecular formula is C19H22N2O3. The van der Waals surface area contributed by atoms with Gasteiger partial charge in [-0.25, -0.2) is 4.79 Å². The van der Waals surface area contributed by atoms with Gasteiger partial charge in [-0.2, -0.15) is 0 Å². The number of ether oxygens (including phenoxy) is 1. The SMILES string of the molecule is Cc1cc(-c2ccc(OCC3CCCN3)cc2)nc(C)c1C(=O)O. The fourth-order valence-corrected chi connectivity index (χ4v) is 3.12. The number of nitrogens with one attached hydrogen (secondary N) is 1. The molecule has 0 radical (unpaired) electrons. The van der Waals surface area contributed by atoms with Crippen LogP contribution in [0.2, 0.25) is 0 Å². The molecule has 5 nitrogen and oxygen atoms in total. The van der Waals surface area contributed by atoms with Gasteiger partial charge in [-0.15, -0.1) is 0 Å². The van der Waals surface area contributed by atoms with Gasteiger partial charge in [0.2, 0.25) is 0 Å². The minimum absolute atomic E-state index is 0.280. The Balaban J connectivity index is 1.74. The van der Waals surface area contributed by atoms with Crippen LogP contribution < -0.4 is 10.1 Å². The first-order valence-corrected chi connectivity index (χ1v) is 8.23. The van der Waals surface area contributed by atoms with Crippen LogP contribution in [0.15, 0.2) is 30.3 Å². The Morgan fingerprint density at radius 2 is 2.08 bits per heavy atom. The quantitative estimate of drug-likeness (QED) is 0.883. The maximum Gasteiger partial charge on any atom is 0.337 e. The summed E-state index contributed by atoms with van der Waals surface area (Å²) in [5.74, 6) is -0.101. The summed E-state index contributed by atoms with van der Waals surface area (Å²) >= 11 is 0. The molecule has 1 aliphatic heterocycles. The molecule has 126 valence electrons. The van der Waals surface area contributed by atoms with E-state index in [9.17, 15) is 9.90 Å². The van der Waals surface area contributed by atoms with Crippen LogP contribution in [0.3, 0.4) is 0 Å². The molecule has 0 aliphatic carbocycles. The number of rotatable bonds is 5. The van der Waals surface area contributed by atoms with E-state index in [1.165, 1.54) is 6.42 Å². The van der Waals surface area contributed by atoms with E-state index >= 15 is 0 Å². The smallest absolute Gasteiger partial charge is 0.337 e. The zero-order chi connectivity index (χ0) is 17.1. The fraction of sp³-hybridized carbons (Fsp3) is 0.368. The molecule has 0 amide bonds. The zero-order valence-corrected chi connectivity index (χ0v) is 14.0. The molecule has 1 aliphatic rings. The van der Waals surface area contributed by atoms with Gasteiger partial charge in [-0.3, -0.25) is 4.98 Å². The van der Waals surface area contributed by atoms with Crippen molar-refractivity contribution in [2.45, 2.75) is 32.7 Å². The standard InChI is InChI=1S/C19H22N2O3/c1-12-10-17(21-13(2)18(12)19(22)23)14-5-7-16(8-6-14)24-11-15-4-3-9-20-15/h5-8,10,15,20H,3-4,9,11H2,1-2H3,(H,22,23). The molecule has 1 aromatic heterocycles. The minimum Gasteiger partial charge on any atom is -0.492 e. The highest BCUT2D eigenvalue weighted by Crippen LogP contribution is 2.24. The van der Waals surface area contributed by atoms with Crippen molar-refractivity contribution in [2.75, 3.05) is 13.2 Å². The number of aromatic carboxylic acids is 1. The highest BCUT2D eigenvalue weighted by atomic mass is 16.5. The number of hydrogen-bond donors (Lipinski definition) is 2. The zero-order valence-electron chi connectivity index (χ0n) is 14.0. The van der Waals surface area contributed by atoms with Crippen molar-refractivity contribution in [3.8, 4) is 17.0 Å². The van der Waals surface area contributed by atoms with Gasteiger partial charge in [-0.1, -0.05) is 0 Å². The Bertz CT molecular complexity index is 712. The van der Waals surface area contributed by atoms with E-state index in [0.29, 0.717) is 18.3 Å². The molecule has 0 saturated carbocycles. The first kappa shape index (κ1) is 16.5. The summed E-state index contributed by atoms with van der Waals surface area (Å²) in [5.41, 5.74) is 3.26. The molecule has 2 N–H and O–H groups in total. The lowest BCUT2D eigenvalue weighted by Crippen LogP contribution is -2.28. The van der Waals surface area contributed by atoms with Gasteiger partial charge >= 0.3 is 5.97 Å². The number of aryl methyl sites for hydroxylation is 2. The van der Waals surface area contributed by atoms with Crippen molar-refractivity contribution < 1.29 is 14.6 Å². The monoisotopic (exact) mass is 326 g/mol. The Hall–Kier alpha value is -2.40. The van der Waals surface area contributed by atoms with Gasteiger partial charge in [0.25, 0.3) is 0 Å². The molecule has 1 saturated heterocycles. The lowest BCUT2D eigenvalue weighted by atomic mass is 10.0. The van der Waals surface area contributed by atoms with Crippen molar-refractivity contribution in [1.29, 1.82) is 0 Å². The van der Waals surface area contributed by atoms with Gasteiger partial charge in [0.05, 0.1) is 17.0 Å². The van der Waals surface area contributed by atoms with Gasteiger partial charge in [-0.05, 0) is 69.1 Å². The Labute approximate surface area is 141 Å². The summed E-state index contributed by atoms with van der Waals surface area (Å²) < 4.78 is 5.82. The highest BCUT2D eigenvalue weighted by molar-refractivity contribution is 5.91. The van der Waals surface area contributed by atoms with Crippen molar-refractivity contribution >= 4 is 5.97 Å². The average molecular weight is 326 g/mol. The molecule has 2 aromatic rings. The fourth-order valence-electron chi connectivity index (χ4n) is 3.12. The summed E-state index contributed by atoms with van der Waals surface area (Å²) in [7, 11) is 0. The molecule has 3 rings (SSSR count). The largest absolute Gasteiger partial charge is 0.492 e. The predicted molar refractivity (Wildman–Crippen MR) is 92.6 cm³/mol. The van der Waals surface area contributed by atoms with Gasteiger partial charge in [0.15, 0.2) is 0 Å². The van der Waals surface area contributed by atoms with Crippen molar-refractivity contribution in [3.05, 3.63) is 47.2 Å². The second-order valence-electron chi connectivity index (χ2n) is 6.22. The minimum atomic E-state index is -0.937. The van der Waals surface area contributed by atoms with E-state index in [-0.39, 0.29) is 5.56 Å². The molecule has 1 aromatic carbocycles. The van der Waals surface area contributed by atoms with Crippen LogP contribution in [0.5, 0.6) is 5.75 Å². The van der Waals surface area contributed by atoms with Crippen molar-refractivity contribution in [3.63, 3.8) is 0 Å². The van der Waals surface area contributed by atoms with Crippen LogP contribution in [-0.4, -0.2) is 35.3 Å². The van der Waals surface area contributed by atoms with Crippen LogP contribution in [0, 0.1) is 13.8 Å². The van der Waals surface area contributed by atoms with Crippen LogP contribution in [0.25, 0.3) is 11.3 Å². The number of carbonyl (C=O) groups is 1. The summed E-state index contributed by atoms with van der Waals surface area (Å²) in [6, 6.07) is 10.0. The molecule has 2 heterocycles. The van der Waals surface area contributed by atoms with Crippen molar-refractivity contribution in [1.82, 2.24) is 10.3 Å². The van der Waals surface area contributed by atoms with Crippen molar-refractivity contribution in [2.24, 2.45) is 0 Å². The lowest BCUT2D eigenvalue weighted by Gasteiger charge is -2.13. The van der Waals surface area contributed by atoms with Gasteiger partial charge < -0.3 is 15.2 Å². The summed E-state index contributed by atoms with van der Waals surface area (Å²) in [6.07, 6.45) is 2.38. The third-order valence-corrected chi connectivity index (χ3v) is 4.38. The molecule has 5 heteroatoms. The second kappa shape index (κ2) is 7.01. The molecular weight excluding hydrogens is 304 g/mol. The number of carboxylic acids is 1. The summed E-state index contributed by atoms with van der Waals surface area (Å²) in [6.45, 7) is 5.28. The Kier molecular flexibility index (Phi) is 4.81. The van der Waals surface area contributed by atoms with Gasteiger partial charge in [0.1, 0.15) is 12.4 Å². The van der Waals surface area contributed by atoms with E-state index in [1.807, 2.05) is 30.3 Å². The maximum absolute atomic E-state index is 11.3. The molecule has 1 fully saturated rings. The van der Waals surface area contributed by atoms with Gasteiger partial charge in [0, 0.05) is 11.6 Å². The van der Waals surface area contributed by atoms with Crippen LogP contribution in [0.4, 0.5) is 0 Å².